The van der Waals surface area contributed by atoms with Crippen LogP contribution in [0.2, 0.25) is 0 Å². The number of allylic oxidation sites excluding steroid dienone is 1. The lowest BCUT2D eigenvalue weighted by Crippen LogP contribution is -1.95. The summed E-state index contributed by atoms with van der Waals surface area (Å²) in [5.74, 6) is -0.426. The van der Waals surface area contributed by atoms with Gasteiger partial charge >= 0.3 is 0 Å². The quantitative estimate of drug-likeness (QED) is 0.525. The zero-order valence-electron chi connectivity index (χ0n) is 12.0. The Morgan fingerprint density at radius 2 is 2.04 bits per heavy atom. The summed E-state index contributed by atoms with van der Waals surface area (Å²) in [5, 5.41) is 21.1. The summed E-state index contributed by atoms with van der Waals surface area (Å²) in [5.41, 5.74) is 0.528. The van der Waals surface area contributed by atoms with Crippen LogP contribution in [0.3, 0.4) is 0 Å². The summed E-state index contributed by atoms with van der Waals surface area (Å²) in [6.07, 6.45) is 1.44. The Morgan fingerprint density at radius 1 is 1.30 bits per heavy atom. The van der Waals surface area contributed by atoms with Crippen molar-refractivity contribution in [1.82, 2.24) is 0 Å². The second-order valence-electron chi connectivity index (χ2n) is 4.78. The fourth-order valence-electron chi connectivity index (χ4n) is 2.26. The van der Waals surface area contributed by atoms with Crippen molar-refractivity contribution in [2.75, 3.05) is 7.11 Å². The van der Waals surface area contributed by atoms with E-state index in [1.54, 1.807) is 12.1 Å². The molecule has 0 fully saturated rings. The van der Waals surface area contributed by atoms with Gasteiger partial charge in [0.1, 0.15) is 0 Å². The zero-order valence-corrected chi connectivity index (χ0v) is 12.8. The van der Waals surface area contributed by atoms with Gasteiger partial charge in [-0.05, 0) is 18.2 Å². The first kappa shape index (κ1) is 15.1. The number of carbonyl (C=O) groups excluding carboxylic acids is 1. The molecule has 2 aromatic carbocycles. The van der Waals surface area contributed by atoms with Crippen LogP contribution in [-0.2, 0) is 0 Å². The smallest absolute Gasteiger partial charge is 0.274 e. The van der Waals surface area contributed by atoms with Gasteiger partial charge in [0, 0.05) is 22.1 Å². The number of ether oxygens (including phenoxy) is 1. The Balaban J connectivity index is 2.09. The lowest BCUT2D eigenvalue weighted by atomic mass is 10.1. The molecule has 6 nitrogen and oxygen atoms in total. The van der Waals surface area contributed by atoms with E-state index in [9.17, 15) is 20.0 Å². The van der Waals surface area contributed by atoms with E-state index in [0.29, 0.717) is 10.5 Å². The number of fused-ring (bicyclic) bond motifs is 1. The van der Waals surface area contributed by atoms with Crippen molar-refractivity contribution < 1.29 is 19.6 Å². The number of methoxy groups -OCH3 is 1. The third-order valence-electron chi connectivity index (χ3n) is 3.38. The fraction of sp³-hybridized carbons (Fsp3) is 0.0625. The van der Waals surface area contributed by atoms with Crippen LogP contribution in [0.5, 0.6) is 11.5 Å². The zero-order chi connectivity index (χ0) is 16.6. The Bertz CT molecular complexity index is 860. The second-order valence-corrected chi connectivity index (χ2v) is 5.86. The van der Waals surface area contributed by atoms with Gasteiger partial charge in [-0.25, -0.2) is 0 Å². The molecular formula is C16H11NO5S. The summed E-state index contributed by atoms with van der Waals surface area (Å²) in [7, 11) is 1.31. The van der Waals surface area contributed by atoms with Gasteiger partial charge < -0.3 is 9.84 Å². The first-order valence-corrected chi connectivity index (χ1v) is 7.41. The third kappa shape index (κ3) is 2.66. The highest BCUT2D eigenvalue weighted by Gasteiger charge is 2.26. The van der Waals surface area contributed by atoms with E-state index >= 15 is 0 Å². The molecule has 2 aromatic rings. The summed E-state index contributed by atoms with van der Waals surface area (Å²) < 4.78 is 4.95. The van der Waals surface area contributed by atoms with Gasteiger partial charge in [-0.3, -0.25) is 14.9 Å². The normalized spacial score (nSPS) is 14.8. The molecule has 0 spiro atoms. The number of Topliss-reactive ketones (excluding diaryl/α,β-unsaturated/α-hetero) is 1. The average Bonchev–Trinajstić information content (AvgIpc) is 2.85. The first-order chi connectivity index (χ1) is 11.0. The fourth-order valence-corrected chi connectivity index (χ4v) is 3.31. The van der Waals surface area contributed by atoms with Crippen LogP contribution in [0.4, 0.5) is 5.69 Å². The van der Waals surface area contributed by atoms with E-state index in [0.717, 1.165) is 11.0 Å². The minimum absolute atomic E-state index is 0.0148. The molecule has 0 radical (unpaired) electrons. The minimum Gasteiger partial charge on any atom is -0.504 e. The second kappa shape index (κ2) is 5.77. The molecule has 3 rings (SSSR count). The number of nitrogens with zero attached hydrogens (tertiary/aromatic N) is 1. The summed E-state index contributed by atoms with van der Waals surface area (Å²) in [6.45, 7) is 0. The summed E-state index contributed by atoms with van der Waals surface area (Å²) in [6, 6.07) is 9.49. The lowest BCUT2D eigenvalue weighted by molar-refractivity contribution is -0.385. The molecule has 0 atom stereocenters. The molecule has 0 unspecified atom stereocenters. The number of aromatic hydroxyl groups is 1. The molecule has 23 heavy (non-hydrogen) atoms. The van der Waals surface area contributed by atoms with E-state index in [-0.39, 0.29) is 28.5 Å². The van der Waals surface area contributed by atoms with Crippen molar-refractivity contribution in [3.8, 4) is 11.5 Å². The van der Waals surface area contributed by atoms with Crippen LogP contribution in [0.1, 0.15) is 15.9 Å². The van der Waals surface area contributed by atoms with Crippen molar-refractivity contribution >= 4 is 29.3 Å². The van der Waals surface area contributed by atoms with Crippen molar-refractivity contribution in [3.63, 3.8) is 0 Å². The number of thioether (sulfide) groups is 1. The van der Waals surface area contributed by atoms with Gasteiger partial charge in [-0.2, -0.15) is 0 Å². The van der Waals surface area contributed by atoms with Crippen LogP contribution in [-0.4, -0.2) is 22.9 Å². The molecule has 116 valence electrons. The standard InChI is InChI=1S/C16H11NO5S/c1-22-12-8-10(17(20)21)6-9(15(12)18)7-14-16(19)11-4-2-3-5-13(11)23-14/h2-8,18H,1H3/b14-7+. The van der Waals surface area contributed by atoms with Crippen LogP contribution >= 0.6 is 11.8 Å². The largest absolute Gasteiger partial charge is 0.504 e. The first-order valence-electron chi connectivity index (χ1n) is 6.60. The number of nitro groups is 1. The Labute approximate surface area is 135 Å². The summed E-state index contributed by atoms with van der Waals surface area (Å²) >= 11 is 1.27. The molecule has 0 aliphatic carbocycles. The van der Waals surface area contributed by atoms with Crippen LogP contribution in [0.15, 0.2) is 46.2 Å². The molecule has 1 aliphatic heterocycles. The molecule has 7 heteroatoms. The maximum atomic E-state index is 12.3. The Hall–Kier alpha value is -2.80. The highest BCUT2D eigenvalue weighted by atomic mass is 32.2. The van der Waals surface area contributed by atoms with E-state index in [4.69, 9.17) is 4.74 Å². The van der Waals surface area contributed by atoms with Crippen molar-refractivity contribution in [3.05, 3.63) is 62.5 Å². The van der Waals surface area contributed by atoms with Gasteiger partial charge in [0.2, 0.25) is 5.78 Å². The number of non-ortho nitro benzene ring substituents is 1. The van der Waals surface area contributed by atoms with E-state index < -0.39 is 4.92 Å². The van der Waals surface area contributed by atoms with E-state index in [2.05, 4.69) is 0 Å². The molecule has 1 aliphatic rings. The number of benzene rings is 2. The predicted molar refractivity (Wildman–Crippen MR) is 85.9 cm³/mol. The van der Waals surface area contributed by atoms with E-state index in [1.165, 1.54) is 31.0 Å². The molecule has 0 bridgehead atoms. The monoisotopic (exact) mass is 329 g/mol. The number of phenolic OH excluding ortho intramolecular Hbond substituents is 1. The minimum atomic E-state index is -0.581. The van der Waals surface area contributed by atoms with Gasteiger partial charge in [0.05, 0.1) is 23.0 Å². The number of phenols is 1. The Kier molecular flexibility index (Phi) is 3.79. The lowest BCUT2D eigenvalue weighted by Gasteiger charge is -2.06. The van der Waals surface area contributed by atoms with Crippen LogP contribution in [0, 0.1) is 10.1 Å². The highest BCUT2D eigenvalue weighted by Crippen LogP contribution is 2.43. The van der Waals surface area contributed by atoms with Gasteiger partial charge in [-0.1, -0.05) is 23.9 Å². The number of hydrogen-bond donors (Lipinski definition) is 1. The summed E-state index contributed by atoms with van der Waals surface area (Å²) in [4.78, 5) is 24.0. The molecule has 1 N–H and O–H groups in total. The number of rotatable bonds is 3. The number of hydrogen-bond acceptors (Lipinski definition) is 6. The van der Waals surface area contributed by atoms with Crippen molar-refractivity contribution in [2.45, 2.75) is 4.90 Å². The molecule has 0 amide bonds. The van der Waals surface area contributed by atoms with Crippen LogP contribution < -0.4 is 4.74 Å². The molecule has 0 saturated heterocycles. The number of nitro benzene ring substituents is 1. The molecule has 1 heterocycles. The predicted octanol–water partition coefficient (Wildman–Crippen LogP) is 3.64. The molecular weight excluding hydrogens is 318 g/mol. The van der Waals surface area contributed by atoms with Gasteiger partial charge in [-0.15, -0.1) is 0 Å². The number of ketones is 1. The topological polar surface area (TPSA) is 89.7 Å². The number of carbonyl (C=O) groups is 1. The maximum Gasteiger partial charge on any atom is 0.274 e. The molecule has 0 saturated carbocycles. The van der Waals surface area contributed by atoms with Gasteiger partial charge in [0.25, 0.3) is 5.69 Å². The SMILES string of the molecule is COc1cc([N+](=O)[O-])cc(/C=C2/Sc3ccccc3C2=O)c1O. The van der Waals surface area contributed by atoms with Crippen molar-refractivity contribution in [2.24, 2.45) is 0 Å². The maximum absolute atomic E-state index is 12.3. The van der Waals surface area contributed by atoms with E-state index in [1.807, 2.05) is 12.1 Å². The highest BCUT2D eigenvalue weighted by molar-refractivity contribution is 8.04. The molecule has 0 aromatic heterocycles. The van der Waals surface area contributed by atoms with Crippen LogP contribution in [0.25, 0.3) is 6.08 Å². The Morgan fingerprint density at radius 3 is 2.70 bits per heavy atom. The average molecular weight is 329 g/mol. The van der Waals surface area contributed by atoms with Crippen molar-refractivity contribution in [1.29, 1.82) is 0 Å². The third-order valence-corrected chi connectivity index (χ3v) is 4.48. The van der Waals surface area contributed by atoms with Gasteiger partial charge in [0.15, 0.2) is 11.5 Å².